The number of anilines is 1. The van der Waals surface area contributed by atoms with Crippen LogP contribution in [-0.4, -0.2) is 76.6 Å². The van der Waals surface area contributed by atoms with E-state index in [1.807, 2.05) is 4.90 Å². The molecule has 4 rings (SSSR count). The maximum Gasteiger partial charge on any atom is 0.251 e. The van der Waals surface area contributed by atoms with E-state index in [0.29, 0.717) is 17.9 Å². The first-order valence-electron chi connectivity index (χ1n) is 12.1. The van der Waals surface area contributed by atoms with Crippen molar-refractivity contribution >= 4 is 17.6 Å². The number of hydrogen-bond donors (Lipinski definition) is 3. The zero-order valence-electron chi connectivity index (χ0n) is 20.1. The molecule has 0 bridgehead atoms. The van der Waals surface area contributed by atoms with Crippen molar-refractivity contribution in [2.45, 2.75) is 51.8 Å². The molecule has 0 unspecified atom stereocenters. The Kier molecular flexibility index (Phi) is 7.80. The number of carbonyl (C=O) groups excluding carboxylic acids is 2. The normalized spacial score (nSPS) is 17.7. The van der Waals surface area contributed by atoms with Crippen molar-refractivity contribution in [2.75, 3.05) is 38.0 Å². The number of aliphatic hydroxyl groups is 1. The third-order valence-electron chi connectivity index (χ3n) is 6.73. The molecule has 1 fully saturated rings. The molecule has 182 valence electrons. The Morgan fingerprint density at radius 1 is 1.15 bits per heavy atom. The van der Waals surface area contributed by atoms with E-state index in [-0.39, 0.29) is 24.4 Å². The van der Waals surface area contributed by atoms with Crippen LogP contribution in [0.25, 0.3) is 0 Å². The molecule has 8 nitrogen and oxygen atoms in total. The topological polar surface area (TPSA) is 97.8 Å². The lowest BCUT2D eigenvalue weighted by molar-refractivity contribution is -0.129. The van der Waals surface area contributed by atoms with E-state index in [9.17, 15) is 14.7 Å². The van der Waals surface area contributed by atoms with E-state index in [4.69, 9.17) is 0 Å². The monoisotopic (exact) mass is 465 g/mol. The fraction of sp³-hybridized carbons (Fsp3) is 0.500. The van der Waals surface area contributed by atoms with Gasteiger partial charge in [0.25, 0.3) is 5.91 Å². The van der Waals surface area contributed by atoms with Crippen LogP contribution < -0.4 is 10.6 Å². The van der Waals surface area contributed by atoms with Gasteiger partial charge in [0, 0.05) is 64.0 Å². The average molecular weight is 466 g/mol. The molecule has 3 N–H and O–H groups in total. The Morgan fingerprint density at radius 2 is 1.94 bits per heavy atom. The van der Waals surface area contributed by atoms with Crippen LogP contribution in [0.1, 0.15) is 46.8 Å². The number of hydrogen-bond acceptors (Lipinski definition) is 6. The second-order valence-electron chi connectivity index (χ2n) is 9.48. The van der Waals surface area contributed by atoms with Crippen molar-refractivity contribution in [1.82, 2.24) is 20.1 Å². The minimum atomic E-state index is -0.637. The van der Waals surface area contributed by atoms with Crippen LogP contribution in [-0.2, 0) is 17.8 Å². The maximum atomic E-state index is 12.7. The number of β-amino-alcohol motifs (C(OH)–C–C–N with tert-alkyl or cyclic N) is 1. The van der Waals surface area contributed by atoms with Crippen LogP contribution in [0.5, 0.6) is 0 Å². The van der Waals surface area contributed by atoms with E-state index in [1.165, 1.54) is 16.7 Å². The molecule has 2 amide bonds. The molecule has 0 spiro atoms. The van der Waals surface area contributed by atoms with Crippen molar-refractivity contribution in [3.63, 3.8) is 0 Å². The summed E-state index contributed by atoms with van der Waals surface area (Å²) in [7, 11) is 0. The lowest BCUT2D eigenvalue weighted by Gasteiger charge is -2.32. The van der Waals surface area contributed by atoms with Gasteiger partial charge in [0.1, 0.15) is 5.82 Å². The number of aryl methyl sites for hydroxylation is 1. The van der Waals surface area contributed by atoms with E-state index in [1.54, 1.807) is 25.3 Å². The standard InChI is InChI=1S/C26H35N5O3/c1-18-3-4-22-16-30(10-6-20(22)13-18)17-24(33)15-28-26(34)21-5-9-27-25(14-21)29-23-7-11-31(12-8-23)19(2)32/h3-5,9,13-14,23-24,33H,6-8,10-12,15-17H2,1-2H3,(H,27,29)(H,28,34)/t24-/m0/s1. The third kappa shape index (κ3) is 6.33. The van der Waals surface area contributed by atoms with Gasteiger partial charge in [-0.15, -0.1) is 0 Å². The highest BCUT2D eigenvalue weighted by Gasteiger charge is 2.22. The molecular weight excluding hydrogens is 430 g/mol. The number of piperidine rings is 1. The SMILES string of the molecule is CC(=O)N1CCC(Nc2cc(C(=O)NC[C@H](O)CN3CCc4cc(C)ccc4C3)ccn2)CC1. The highest BCUT2D eigenvalue weighted by atomic mass is 16.3. The van der Waals surface area contributed by atoms with Gasteiger partial charge in [-0.05, 0) is 49.4 Å². The summed E-state index contributed by atoms with van der Waals surface area (Å²) in [4.78, 5) is 32.6. The van der Waals surface area contributed by atoms with Crippen LogP contribution in [0.3, 0.4) is 0 Å². The molecule has 3 heterocycles. The van der Waals surface area contributed by atoms with Gasteiger partial charge >= 0.3 is 0 Å². The van der Waals surface area contributed by atoms with E-state index < -0.39 is 6.10 Å². The minimum absolute atomic E-state index is 0.109. The molecule has 2 aliphatic heterocycles. The Labute approximate surface area is 201 Å². The van der Waals surface area contributed by atoms with Crippen molar-refractivity contribution in [2.24, 2.45) is 0 Å². The predicted molar refractivity (Wildman–Crippen MR) is 132 cm³/mol. The van der Waals surface area contributed by atoms with E-state index in [2.05, 4.69) is 45.6 Å². The quantitative estimate of drug-likeness (QED) is 0.578. The molecule has 1 saturated heterocycles. The third-order valence-corrected chi connectivity index (χ3v) is 6.73. The van der Waals surface area contributed by atoms with Gasteiger partial charge in [-0.25, -0.2) is 4.98 Å². The summed E-state index contributed by atoms with van der Waals surface area (Å²) in [5, 5.41) is 16.7. The number of carbonyl (C=O) groups is 2. The van der Waals surface area contributed by atoms with Crippen molar-refractivity contribution in [3.05, 3.63) is 58.8 Å². The van der Waals surface area contributed by atoms with Crippen molar-refractivity contribution < 1.29 is 14.7 Å². The smallest absolute Gasteiger partial charge is 0.251 e. The first-order chi connectivity index (χ1) is 16.4. The van der Waals surface area contributed by atoms with Gasteiger partial charge < -0.3 is 20.6 Å². The highest BCUT2D eigenvalue weighted by Crippen LogP contribution is 2.20. The summed E-state index contributed by atoms with van der Waals surface area (Å²) in [6.45, 7) is 7.62. The maximum absolute atomic E-state index is 12.7. The molecule has 0 saturated carbocycles. The second-order valence-corrected chi connectivity index (χ2v) is 9.48. The molecule has 2 aromatic rings. The number of nitrogens with one attached hydrogen (secondary N) is 2. The van der Waals surface area contributed by atoms with Gasteiger partial charge in [-0.2, -0.15) is 0 Å². The molecule has 8 heteroatoms. The number of nitrogens with zero attached hydrogens (tertiary/aromatic N) is 3. The van der Waals surface area contributed by atoms with Crippen LogP contribution in [0, 0.1) is 6.92 Å². The zero-order valence-corrected chi connectivity index (χ0v) is 20.1. The highest BCUT2D eigenvalue weighted by molar-refractivity contribution is 5.94. The average Bonchev–Trinajstić information content (AvgIpc) is 2.83. The van der Waals surface area contributed by atoms with Gasteiger partial charge in [0.2, 0.25) is 5.91 Å². The van der Waals surface area contributed by atoms with Gasteiger partial charge in [0.15, 0.2) is 0 Å². The number of amides is 2. The van der Waals surface area contributed by atoms with Crippen LogP contribution in [0.15, 0.2) is 36.5 Å². The van der Waals surface area contributed by atoms with E-state index in [0.717, 1.165) is 45.4 Å². The predicted octanol–water partition coefficient (Wildman–Crippen LogP) is 1.96. The van der Waals surface area contributed by atoms with E-state index >= 15 is 0 Å². The summed E-state index contributed by atoms with van der Waals surface area (Å²) >= 11 is 0. The van der Waals surface area contributed by atoms with Crippen LogP contribution >= 0.6 is 0 Å². The number of pyridine rings is 1. The van der Waals surface area contributed by atoms with Crippen LogP contribution in [0.4, 0.5) is 5.82 Å². The molecule has 1 aromatic heterocycles. The Bertz CT molecular complexity index is 1020. The fourth-order valence-corrected chi connectivity index (χ4v) is 4.77. The number of likely N-dealkylation sites (tertiary alicyclic amines) is 1. The molecule has 1 aromatic carbocycles. The lowest BCUT2D eigenvalue weighted by Crippen LogP contribution is -2.42. The lowest BCUT2D eigenvalue weighted by atomic mass is 9.97. The Hall–Kier alpha value is -2.97. The van der Waals surface area contributed by atoms with Crippen LogP contribution in [0.2, 0.25) is 0 Å². The van der Waals surface area contributed by atoms with Gasteiger partial charge in [0.05, 0.1) is 6.10 Å². The number of aliphatic hydroxyl groups excluding tert-OH is 1. The Balaban J connectivity index is 1.23. The fourth-order valence-electron chi connectivity index (χ4n) is 4.77. The molecule has 0 aliphatic carbocycles. The summed E-state index contributed by atoms with van der Waals surface area (Å²) < 4.78 is 0. The number of rotatable bonds is 7. The first kappa shape index (κ1) is 24.2. The molecular formula is C26H35N5O3. The summed E-state index contributed by atoms with van der Waals surface area (Å²) in [5.41, 5.74) is 4.50. The minimum Gasteiger partial charge on any atom is -0.390 e. The number of fused-ring (bicyclic) bond motifs is 1. The van der Waals surface area contributed by atoms with Crippen molar-refractivity contribution in [3.8, 4) is 0 Å². The summed E-state index contributed by atoms with van der Waals surface area (Å²) in [6.07, 6.45) is 3.67. The molecule has 0 radical (unpaired) electrons. The first-order valence-corrected chi connectivity index (χ1v) is 12.1. The largest absolute Gasteiger partial charge is 0.390 e. The summed E-state index contributed by atoms with van der Waals surface area (Å²) in [6, 6.07) is 10.2. The second kappa shape index (κ2) is 11.0. The molecule has 1 atom stereocenters. The molecule has 34 heavy (non-hydrogen) atoms. The number of benzene rings is 1. The molecule has 2 aliphatic rings. The van der Waals surface area contributed by atoms with Gasteiger partial charge in [-0.1, -0.05) is 23.8 Å². The Morgan fingerprint density at radius 3 is 2.71 bits per heavy atom. The summed E-state index contributed by atoms with van der Waals surface area (Å²) in [5.74, 6) is 0.532. The van der Waals surface area contributed by atoms with Gasteiger partial charge in [-0.3, -0.25) is 14.5 Å². The van der Waals surface area contributed by atoms with Crippen molar-refractivity contribution in [1.29, 1.82) is 0 Å². The number of aromatic nitrogens is 1. The zero-order chi connectivity index (χ0) is 24.1.